The Labute approximate surface area is 118 Å². The van der Waals surface area contributed by atoms with E-state index in [1.54, 1.807) is 0 Å². The van der Waals surface area contributed by atoms with Crippen LogP contribution in [-0.4, -0.2) is 10.8 Å². The summed E-state index contributed by atoms with van der Waals surface area (Å²) in [5, 5.41) is 12.9. The molecule has 21 heavy (non-hydrogen) atoms. The number of amides is 1. The molecular weight excluding hydrogens is 282 g/mol. The fourth-order valence-corrected chi connectivity index (χ4v) is 1.69. The molecule has 0 bridgehead atoms. The standard InChI is InChI=1S/C14H10F2N2O3/c15-11-3-6-13(16)10(7-11)8-17-14(19)9-1-4-12(5-2-9)18(20)21/h1-7H,8H2,(H,17,19). The molecule has 5 nitrogen and oxygen atoms in total. The maximum atomic E-state index is 13.4. The molecule has 0 fully saturated rings. The van der Waals surface area contributed by atoms with E-state index in [1.165, 1.54) is 24.3 Å². The van der Waals surface area contributed by atoms with E-state index in [0.29, 0.717) is 0 Å². The summed E-state index contributed by atoms with van der Waals surface area (Å²) in [5.41, 5.74) is 0.0744. The molecule has 0 aliphatic heterocycles. The predicted octanol–water partition coefficient (Wildman–Crippen LogP) is 2.80. The van der Waals surface area contributed by atoms with Crippen LogP contribution in [0.1, 0.15) is 15.9 Å². The second-order valence-corrected chi connectivity index (χ2v) is 4.22. The Morgan fingerprint density at radius 2 is 1.81 bits per heavy atom. The van der Waals surface area contributed by atoms with Crippen LogP contribution in [0, 0.1) is 21.7 Å². The van der Waals surface area contributed by atoms with Crippen LogP contribution in [0.15, 0.2) is 42.5 Å². The summed E-state index contributed by atoms with van der Waals surface area (Å²) in [4.78, 5) is 21.7. The Kier molecular flexibility index (Phi) is 4.22. The summed E-state index contributed by atoms with van der Waals surface area (Å²) in [6, 6.07) is 7.91. The monoisotopic (exact) mass is 292 g/mol. The van der Waals surface area contributed by atoms with E-state index in [9.17, 15) is 23.7 Å². The minimum atomic E-state index is -0.625. The van der Waals surface area contributed by atoms with Gasteiger partial charge >= 0.3 is 0 Å². The number of carbonyl (C=O) groups is 1. The van der Waals surface area contributed by atoms with Crippen molar-refractivity contribution in [1.82, 2.24) is 5.32 Å². The second-order valence-electron chi connectivity index (χ2n) is 4.22. The molecule has 0 aromatic heterocycles. The minimum absolute atomic E-state index is 0.0188. The third kappa shape index (κ3) is 3.59. The van der Waals surface area contributed by atoms with E-state index in [1.807, 2.05) is 0 Å². The van der Waals surface area contributed by atoms with Gasteiger partial charge in [0.05, 0.1) is 4.92 Å². The third-order valence-corrected chi connectivity index (χ3v) is 2.79. The minimum Gasteiger partial charge on any atom is -0.348 e. The van der Waals surface area contributed by atoms with E-state index in [2.05, 4.69) is 5.32 Å². The number of nitrogens with one attached hydrogen (secondary N) is 1. The lowest BCUT2D eigenvalue weighted by atomic mass is 10.1. The van der Waals surface area contributed by atoms with Crippen molar-refractivity contribution in [3.8, 4) is 0 Å². The second kappa shape index (κ2) is 6.08. The van der Waals surface area contributed by atoms with Gasteiger partial charge in [0.2, 0.25) is 0 Å². The number of benzene rings is 2. The number of nitro benzene ring substituents is 1. The van der Waals surface area contributed by atoms with Gasteiger partial charge in [-0.15, -0.1) is 0 Å². The molecule has 0 radical (unpaired) electrons. The number of hydrogen-bond acceptors (Lipinski definition) is 3. The average Bonchev–Trinajstić information content (AvgIpc) is 2.48. The van der Waals surface area contributed by atoms with Gasteiger partial charge in [-0.05, 0) is 30.3 Å². The van der Waals surface area contributed by atoms with Crippen LogP contribution in [0.2, 0.25) is 0 Å². The smallest absolute Gasteiger partial charge is 0.269 e. The summed E-state index contributed by atoms with van der Waals surface area (Å²) in [7, 11) is 0. The zero-order valence-electron chi connectivity index (χ0n) is 10.7. The van der Waals surface area contributed by atoms with E-state index < -0.39 is 22.5 Å². The first-order valence-electron chi connectivity index (χ1n) is 5.94. The zero-order chi connectivity index (χ0) is 15.4. The molecule has 2 rings (SSSR count). The van der Waals surface area contributed by atoms with Crippen LogP contribution >= 0.6 is 0 Å². The highest BCUT2D eigenvalue weighted by Crippen LogP contribution is 2.13. The Hall–Kier alpha value is -2.83. The first kappa shape index (κ1) is 14.6. The van der Waals surface area contributed by atoms with Gasteiger partial charge in [-0.25, -0.2) is 8.78 Å². The number of nitro groups is 1. The molecule has 0 saturated heterocycles. The van der Waals surface area contributed by atoms with Crippen LogP contribution in [0.3, 0.4) is 0 Å². The first-order valence-corrected chi connectivity index (χ1v) is 5.94. The lowest BCUT2D eigenvalue weighted by Crippen LogP contribution is -2.23. The average molecular weight is 292 g/mol. The summed E-state index contributed by atoms with van der Waals surface area (Å²) in [6.07, 6.45) is 0. The van der Waals surface area contributed by atoms with Crippen molar-refractivity contribution in [2.45, 2.75) is 6.54 Å². The highest BCUT2D eigenvalue weighted by Gasteiger charge is 2.10. The van der Waals surface area contributed by atoms with E-state index >= 15 is 0 Å². The Balaban J connectivity index is 2.04. The zero-order valence-corrected chi connectivity index (χ0v) is 10.7. The fourth-order valence-electron chi connectivity index (χ4n) is 1.69. The lowest BCUT2D eigenvalue weighted by Gasteiger charge is -2.06. The van der Waals surface area contributed by atoms with Gasteiger partial charge in [-0.3, -0.25) is 14.9 Å². The number of hydrogen-bond donors (Lipinski definition) is 1. The maximum absolute atomic E-state index is 13.4. The largest absolute Gasteiger partial charge is 0.348 e. The number of rotatable bonds is 4. The van der Waals surface area contributed by atoms with Gasteiger partial charge in [0.1, 0.15) is 11.6 Å². The van der Waals surface area contributed by atoms with E-state index in [4.69, 9.17) is 0 Å². The van der Waals surface area contributed by atoms with Gasteiger partial charge < -0.3 is 5.32 Å². The third-order valence-electron chi connectivity index (χ3n) is 2.79. The van der Waals surface area contributed by atoms with Gasteiger partial charge in [0.25, 0.3) is 11.6 Å². The molecule has 0 atom stereocenters. The fraction of sp³-hybridized carbons (Fsp3) is 0.0714. The number of carbonyl (C=O) groups excluding carboxylic acids is 1. The van der Waals surface area contributed by atoms with Crippen LogP contribution in [0.5, 0.6) is 0 Å². The highest BCUT2D eigenvalue weighted by molar-refractivity contribution is 5.94. The molecule has 2 aromatic rings. The number of non-ortho nitro benzene ring substituents is 1. The summed E-state index contributed by atoms with van der Waals surface area (Å²) in [5.74, 6) is -1.76. The highest BCUT2D eigenvalue weighted by atomic mass is 19.1. The van der Waals surface area contributed by atoms with Crippen molar-refractivity contribution < 1.29 is 18.5 Å². The van der Waals surface area contributed by atoms with Crippen LogP contribution in [-0.2, 0) is 6.54 Å². The molecule has 1 N–H and O–H groups in total. The van der Waals surface area contributed by atoms with Gasteiger partial charge in [-0.2, -0.15) is 0 Å². The molecule has 108 valence electrons. The molecule has 2 aromatic carbocycles. The summed E-state index contributed by atoms with van der Waals surface area (Å²) >= 11 is 0. The van der Waals surface area contributed by atoms with Crippen LogP contribution < -0.4 is 5.32 Å². The van der Waals surface area contributed by atoms with Crippen LogP contribution in [0.4, 0.5) is 14.5 Å². The van der Waals surface area contributed by atoms with Crippen molar-refractivity contribution in [2.75, 3.05) is 0 Å². The molecule has 0 aliphatic carbocycles. The van der Waals surface area contributed by atoms with Crippen molar-refractivity contribution in [1.29, 1.82) is 0 Å². The van der Waals surface area contributed by atoms with Crippen molar-refractivity contribution >= 4 is 11.6 Å². The number of halogens is 2. The number of nitrogens with zero attached hydrogens (tertiary/aromatic N) is 1. The normalized spacial score (nSPS) is 10.2. The quantitative estimate of drug-likeness (QED) is 0.695. The van der Waals surface area contributed by atoms with Crippen molar-refractivity contribution in [3.63, 3.8) is 0 Å². The molecule has 0 heterocycles. The Morgan fingerprint density at radius 3 is 2.43 bits per heavy atom. The van der Waals surface area contributed by atoms with Gasteiger partial charge in [0, 0.05) is 29.8 Å². The maximum Gasteiger partial charge on any atom is 0.269 e. The first-order chi connectivity index (χ1) is 9.97. The molecular formula is C14H10F2N2O3. The van der Waals surface area contributed by atoms with Gasteiger partial charge in [0.15, 0.2) is 0 Å². The van der Waals surface area contributed by atoms with Gasteiger partial charge in [-0.1, -0.05) is 0 Å². The molecule has 7 heteroatoms. The van der Waals surface area contributed by atoms with Crippen molar-refractivity contribution in [3.05, 3.63) is 75.3 Å². The van der Waals surface area contributed by atoms with Crippen LogP contribution in [0.25, 0.3) is 0 Å². The lowest BCUT2D eigenvalue weighted by molar-refractivity contribution is -0.384. The summed E-state index contributed by atoms with van der Waals surface area (Å²) < 4.78 is 26.3. The topological polar surface area (TPSA) is 72.2 Å². The molecule has 0 aliphatic rings. The molecule has 0 unspecified atom stereocenters. The SMILES string of the molecule is O=C(NCc1cc(F)ccc1F)c1ccc([N+](=O)[O-])cc1. The molecule has 1 amide bonds. The summed E-state index contributed by atoms with van der Waals surface area (Å²) in [6.45, 7) is -0.181. The van der Waals surface area contributed by atoms with E-state index in [-0.39, 0.29) is 23.4 Å². The molecule has 0 spiro atoms. The van der Waals surface area contributed by atoms with E-state index in [0.717, 1.165) is 18.2 Å². The Morgan fingerprint density at radius 1 is 1.14 bits per heavy atom. The predicted molar refractivity (Wildman–Crippen MR) is 70.6 cm³/mol. The Bertz CT molecular complexity index is 687. The van der Waals surface area contributed by atoms with Crippen molar-refractivity contribution in [2.24, 2.45) is 0 Å². The molecule has 0 saturated carbocycles.